The van der Waals surface area contributed by atoms with Gasteiger partial charge in [-0.2, -0.15) is 5.10 Å². The molecule has 34 heavy (non-hydrogen) atoms. The molecular formula is C28H28N4O2. The third-order valence-electron chi connectivity index (χ3n) is 6.37. The maximum Gasteiger partial charge on any atom is 0.322 e. The zero-order chi connectivity index (χ0) is 23.5. The van der Waals surface area contributed by atoms with Gasteiger partial charge in [-0.1, -0.05) is 60.7 Å². The Kier molecular flexibility index (Phi) is 6.04. The number of benzene rings is 3. The standard InChI is InChI=1S/C28H28N4O2/c1-3-31-19-24(27(29-28(31)33)21-10-6-4-7-11-21)25-18-26(20-14-16-23(34-2)17-15-20)32(30-25)22-12-8-5-9-13-22/h4-17,19,26-27H,3,18H2,1-2H3,(H,29,33). The van der Waals surface area contributed by atoms with Gasteiger partial charge in [-0.25, -0.2) is 4.79 Å². The maximum absolute atomic E-state index is 12.7. The van der Waals surface area contributed by atoms with Gasteiger partial charge in [0.2, 0.25) is 0 Å². The number of hydrogen-bond donors (Lipinski definition) is 1. The molecule has 2 aliphatic heterocycles. The number of anilines is 1. The van der Waals surface area contributed by atoms with E-state index in [9.17, 15) is 4.79 Å². The Bertz CT molecular complexity index is 1210. The van der Waals surface area contributed by atoms with Crippen molar-refractivity contribution in [3.63, 3.8) is 0 Å². The van der Waals surface area contributed by atoms with Gasteiger partial charge in [0.15, 0.2) is 0 Å². The number of amides is 2. The van der Waals surface area contributed by atoms with Crippen molar-refractivity contribution in [3.05, 3.63) is 108 Å². The van der Waals surface area contributed by atoms with E-state index in [4.69, 9.17) is 9.84 Å². The van der Waals surface area contributed by atoms with Crippen molar-refractivity contribution < 1.29 is 9.53 Å². The molecule has 1 N–H and O–H groups in total. The van der Waals surface area contributed by atoms with Crippen LogP contribution in [0.1, 0.15) is 36.6 Å². The highest BCUT2D eigenvalue weighted by atomic mass is 16.5. The van der Waals surface area contributed by atoms with Gasteiger partial charge in [-0.15, -0.1) is 0 Å². The number of urea groups is 1. The van der Waals surface area contributed by atoms with E-state index in [1.54, 1.807) is 12.0 Å². The van der Waals surface area contributed by atoms with E-state index in [-0.39, 0.29) is 18.1 Å². The number of hydrogen-bond acceptors (Lipinski definition) is 4. The normalized spacial score (nSPS) is 20.0. The van der Waals surface area contributed by atoms with Crippen LogP contribution < -0.4 is 15.1 Å². The number of ether oxygens (including phenoxy) is 1. The maximum atomic E-state index is 12.7. The summed E-state index contributed by atoms with van der Waals surface area (Å²) in [6, 6.07) is 28.2. The van der Waals surface area contributed by atoms with E-state index in [1.165, 1.54) is 0 Å². The predicted molar refractivity (Wildman–Crippen MR) is 135 cm³/mol. The molecule has 0 saturated carbocycles. The van der Waals surface area contributed by atoms with E-state index in [1.807, 2.05) is 73.8 Å². The lowest BCUT2D eigenvalue weighted by Crippen LogP contribution is -2.45. The molecule has 3 aromatic rings. The van der Waals surface area contributed by atoms with Gasteiger partial charge >= 0.3 is 6.03 Å². The first-order valence-corrected chi connectivity index (χ1v) is 11.6. The number of hydrazone groups is 1. The average molecular weight is 453 g/mol. The average Bonchev–Trinajstić information content (AvgIpc) is 3.35. The monoisotopic (exact) mass is 452 g/mol. The van der Waals surface area contributed by atoms with Gasteiger partial charge in [0, 0.05) is 24.7 Å². The fourth-order valence-corrected chi connectivity index (χ4v) is 4.56. The smallest absolute Gasteiger partial charge is 0.322 e. The molecule has 0 bridgehead atoms. The van der Waals surface area contributed by atoms with Crippen LogP contribution in [0.15, 0.2) is 102 Å². The van der Waals surface area contributed by atoms with Crippen molar-refractivity contribution in [2.45, 2.75) is 25.4 Å². The molecule has 0 fully saturated rings. The minimum Gasteiger partial charge on any atom is -0.497 e. The number of methoxy groups -OCH3 is 1. The number of rotatable bonds is 6. The first-order valence-electron chi connectivity index (χ1n) is 11.6. The van der Waals surface area contributed by atoms with Crippen LogP contribution in [0.3, 0.4) is 0 Å². The summed E-state index contributed by atoms with van der Waals surface area (Å²) in [6.45, 7) is 2.57. The summed E-state index contributed by atoms with van der Waals surface area (Å²) in [7, 11) is 1.68. The molecule has 2 unspecified atom stereocenters. The molecule has 0 saturated heterocycles. The molecule has 2 aliphatic rings. The predicted octanol–water partition coefficient (Wildman–Crippen LogP) is 5.67. The van der Waals surface area contributed by atoms with Crippen LogP contribution in [0.25, 0.3) is 0 Å². The van der Waals surface area contributed by atoms with Gasteiger partial charge in [-0.3, -0.25) is 5.01 Å². The molecule has 0 radical (unpaired) electrons. The van der Waals surface area contributed by atoms with Gasteiger partial charge < -0.3 is 15.0 Å². The van der Waals surface area contributed by atoms with Crippen LogP contribution in [0.5, 0.6) is 5.75 Å². The second-order valence-corrected chi connectivity index (χ2v) is 8.38. The molecular weight excluding hydrogens is 424 g/mol. The van der Waals surface area contributed by atoms with Gasteiger partial charge in [0.1, 0.15) is 5.75 Å². The number of carbonyl (C=O) groups is 1. The van der Waals surface area contributed by atoms with Crippen molar-refractivity contribution >= 4 is 17.4 Å². The minimum absolute atomic E-state index is 0.0355. The van der Waals surface area contributed by atoms with Crippen LogP contribution >= 0.6 is 0 Å². The summed E-state index contributed by atoms with van der Waals surface area (Å²) in [5.41, 5.74) is 5.22. The first kappa shape index (κ1) is 21.8. The second kappa shape index (κ2) is 9.43. The number of carbonyl (C=O) groups excluding carboxylic acids is 1. The number of nitrogens with zero attached hydrogens (tertiary/aromatic N) is 3. The van der Waals surface area contributed by atoms with Crippen LogP contribution in [-0.2, 0) is 0 Å². The van der Waals surface area contributed by atoms with E-state index >= 15 is 0 Å². The van der Waals surface area contributed by atoms with Crippen LogP contribution in [0.4, 0.5) is 10.5 Å². The van der Waals surface area contributed by atoms with Crippen LogP contribution in [0, 0.1) is 0 Å². The van der Waals surface area contributed by atoms with E-state index in [2.05, 4.69) is 34.6 Å². The molecule has 0 aliphatic carbocycles. The Morgan fingerprint density at radius 3 is 2.26 bits per heavy atom. The molecule has 2 heterocycles. The Labute approximate surface area is 200 Å². The van der Waals surface area contributed by atoms with E-state index < -0.39 is 0 Å². The number of para-hydroxylation sites is 1. The Hall–Kier alpha value is -4.06. The second-order valence-electron chi connectivity index (χ2n) is 8.38. The van der Waals surface area contributed by atoms with Crippen LogP contribution in [0.2, 0.25) is 0 Å². The largest absolute Gasteiger partial charge is 0.497 e. The summed E-state index contributed by atoms with van der Waals surface area (Å²) < 4.78 is 5.36. The van der Waals surface area contributed by atoms with Gasteiger partial charge in [0.05, 0.1) is 30.6 Å². The lowest BCUT2D eigenvalue weighted by Gasteiger charge is -2.32. The molecule has 172 valence electrons. The lowest BCUT2D eigenvalue weighted by atomic mass is 9.90. The van der Waals surface area contributed by atoms with E-state index in [0.29, 0.717) is 6.54 Å². The zero-order valence-electron chi connectivity index (χ0n) is 19.4. The van der Waals surface area contributed by atoms with Gasteiger partial charge in [0.25, 0.3) is 0 Å². The molecule has 2 amide bonds. The topological polar surface area (TPSA) is 57.2 Å². The molecule has 6 nitrogen and oxygen atoms in total. The SMILES string of the molecule is CCN1C=C(C2=NN(c3ccccc3)C(c3ccc(OC)cc3)C2)C(c2ccccc2)NC1=O. The van der Waals surface area contributed by atoms with Gasteiger partial charge in [-0.05, 0) is 42.3 Å². The summed E-state index contributed by atoms with van der Waals surface area (Å²) in [5.74, 6) is 0.828. The fourth-order valence-electron chi connectivity index (χ4n) is 4.56. The third kappa shape index (κ3) is 4.15. The Balaban J connectivity index is 1.57. The molecule has 2 atom stereocenters. The number of nitrogens with one attached hydrogen (secondary N) is 1. The van der Waals surface area contributed by atoms with Crippen molar-refractivity contribution in [2.24, 2.45) is 5.10 Å². The summed E-state index contributed by atoms with van der Waals surface area (Å²) in [4.78, 5) is 14.4. The highest BCUT2D eigenvalue weighted by Crippen LogP contribution is 2.40. The zero-order valence-corrected chi connectivity index (χ0v) is 19.4. The highest BCUT2D eigenvalue weighted by molar-refractivity contribution is 6.05. The molecule has 3 aromatic carbocycles. The lowest BCUT2D eigenvalue weighted by molar-refractivity contribution is 0.210. The Morgan fingerprint density at radius 1 is 0.941 bits per heavy atom. The van der Waals surface area contributed by atoms with Crippen molar-refractivity contribution in [1.29, 1.82) is 0 Å². The molecule has 5 rings (SSSR count). The molecule has 0 aromatic heterocycles. The first-order chi connectivity index (χ1) is 16.7. The van der Waals surface area contributed by atoms with Crippen LogP contribution in [-0.4, -0.2) is 30.3 Å². The van der Waals surface area contributed by atoms with E-state index in [0.717, 1.165) is 40.3 Å². The van der Waals surface area contributed by atoms with Crippen molar-refractivity contribution in [3.8, 4) is 5.75 Å². The fraction of sp³-hybridized carbons (Fsp3) is 0.214. The Morgan fingerprint density at radius 2 is 1.62 bits per heavy atom. The van der Waals surface area contributed by atoms with Crippen molar-refractivity contribution in [2.75, 3.05) is 18.7 Å². The third-order valence-corrected chi connectivity index (χ3v) is 6.37. The van der Waals surface area contributed by atoms with Crippen molar-refractivity contribution in [1.82, 2.24) is 10.2 Å². The quantitative estimate of drug-likeness (QED) is 0.524. The highest BCUT2D eigenvalue weighted by Gasteiger charge is 2.36. The summed E-state index contributed by atoms with van der Waals surface area (Å²) in [5, 5.41) is 10.4. The molecule has 0 spiro atoms. The summed E-state index contributed by atoms with van der Waals surface area (Å²) >= 11 is 0. The molecule has 6 heteroatoms. The summed E-state index contributed by atoms with van der Waals surface area (Å²) in [6.07, 6.45) is 2.69. The minimum atomic E-state index is -0.248.